The van der Waals surface area contributed by atoms with E-state index in [-0.39, 0.29) is 0 Å². The fourth-order valence-electron chi connectivity index (χ4n) is 2.98. The molecule has 0 aromatic carbocycles. The number of ether oxygens (including phenoxy) is 1. The highest BCUT2D eigenvalue weighted by Crippen LogP contribution is 2.17. The van der Waals surface area contributed by atoms with Gasteiger partial charge in [0.05, 0.1) is 6.61 Å². The van der Waals surface area contributed by atoms with Crippen molar-refractivity contribution in [3.05, 3.63) is 23.9 Å². The average Bonchev–Trinajstić information content (AvgIpc) is 3.01. The van der Waals surface area contributed by atoms with Gasteiger partial charge in [-0.2, -0.15) is 0 Å². The molecule has 2 saturated heterocycles. The molecule has 110 valence electrons. The number of pyridine rings is 1. The minimum absolute atomic E-state index is 0.560. The maximum absolute atomic E-state index is 5.60. The second-order valence-corrected chi connectivity index (χ2v) is 5.75. The molecule has 0 amide bonds. The van der Waals surface area contributed by atoms with Gasteiger partial charge in [-0.3, -0.25) is 4.90 Å². The fourth-order valence-corrected chi connectivity index (χ4v) is 2.98. The Morgan fingerprint density at radius 3 is 2.70 bits per heavy atom. The topological polar surface area (TPSA) is 54.6 Å². The van der Waals surface area contributed by atoms with Crippen LogP contribution in [0.2, 0.25) is 0 Å². The smallest absolute Gasteiger partial charge is 0.128 e. The molecule has 1 aromatic heterocycles. The normalized spacial score (nSPS) is 24.2. The van der Waals surface area contributed by atoms with E-state index >= 15 is 0 Å². The number of anilines is 1. The molecular formula is C15H24N4O. The number of nitrogens with zero attached hydrogens (tertiary/aromatic N) is 3. The van der Waals surface area contributed by atoms with E-state index in [2.05, 4.69) is 26.9 Å². The summed E-state index contributed by atoms with van der Waals surface area (Å²) in [7, 11) is 0. The molecule has 5 nitrogen and oxygen atoms in total. The summed E-state index contributed by atoms with van der Waals surface area (Å²) < 4.78 is 5.45. The Morgan fingerprint density at radius 1 is 1.25 bits per heavy atom. The lowest BCUT2D eigenvalue weighted by molar-refractivity contribution is 0.164. The molecule has 3 rings (SSSR count). The Kier molecular flexibility index (Phi) is 4.50. The zero-order valence-electron chi connectivity index (χ0n) is 12.0. The van der Waals surface area contributed by atoms with E-state index in [0.717, 1.165) is 56.7 Å². The predicted octanol–water partition coefficient (Wildman–Crippen LogP) is 0.699. The number of piperazine rings is 1. The first kappa shape index (κ1) is 13.8. The number of nitrogens with two attached hydrogens (primary N) is 1. The van der Waals surface area contributed by atoms with Gasteiger partial charge in [0.15, 0.2) is 0 Å². The summed E-state index contributed by atoms with van der Waals surface area (Å²) >= 11 is 0. The lowest BCUT2D eigenvalue weighted by atomic mass is 10.1. The van der Waals surface area contributed by atoms with Gasteiger partial charge in [-0.05, 0) is 24.0 Å². The first-order chi connectivity index (χ1) is 9.85. The summed E-state index contributed by atoms with van der Waals surface area (Å²) in [6.07, 6.45) is 3.11. The second-order valence-electron chi connectivity index (χ2n) is 5.75. The first-order valence-corrected chi connectivity index (χ1v) is 7.55. The van der Waals surface area contributed by atoms with Gasteiger partial charge in [0.2, 0.25) is 0 Å². The molecule has 20 heavy (non-hydrogen) atoms. The molecule has 3 heterocycles. The van der Waals surface area contributed by atoms with Gasteiger partial charge in [-0.1, -0.05) is 6.07 Å². The zero-order chi connectivity index (χ0) is 13.8. The Bertz CT molecular complexity index is 408. The molecule has 0 bridgehead atoms. The largest absolute Gasteiger partial charge is 0.381 e. The Balaban J connectivity index is 1.49. The Labute approximate surface area is 120 Å². The van der Waals surface area contributed by atoms with E-state index in [1.165, 1.54) is 13.0 Å². The van der Waals surface area contributed by atoms with Gasteiger partial charge in [0, 0.05) is 52.1 Å². The third-order valence-corrected chi connectivity index (χ3v) is 4.28. The number of hydrogen-bond acceptors (Lipinski definition) is 5. The summed E-state index contributed by atoms with van der Waals surface area (Å²) in [6, 6.07) is 4.16. The maximum atomic E-state index is 5.60. The monoisotopic (exact) mass is 276 g/mol. The zero-order valence-corrected chi connectivity index (χ0v) is 12.0. The highest BCUT2D eigenvalue weighted by Gasteiger charge is 2.23. The minimum atomic E-state index is 0.560. The van der Waals surface area contributed by atoms with Crippen molar-refractivity contribution in [2.45, 2.75) is 13.0 Å². The van der Waals surface area contributed by atoms with Crippen molar-refractivity contribution in [3.63, 3.8) is 0 Å². The van der Waals surface area contributed by atoms with Crippen molar-refractivity contribution in [3.8, 4) is 0 Å². The van der Waals surface area contributed by atoms with Gasteiger partial charge >= 0.3 is 0 Å². The molecule has 5 heteroatoms. The van der Waals surface area contributed by atoms with Crippen LogP contribution in [-0.2, 0) is 11.3 Å². The number of rotatable bonds is 4. The molecule has 2 aliphatic heterocycles. The van der Waals surface area contributed by atoms with E-state index in [1.807, 2.05) is 6.20 Å². The molecular weight excluding hydrogens is 252 g/mol. The molecule has 1 aromatic rings. The molecule has 0 saturated carbocycles. The molecule has 2 N–H and O–H groups in total. The van der Waals surface area contributed by atoms with Crippen LogP contribution in [0.1, 0.15) is 12.0 Å². The molecule has 2 fully saturated rings. The van der Waals surface area contributed by atoms with Crippen LogP contribution in [0.5, 0.6) is 0 Å². The van der Waals surface area contributed by atoms with Gasteiger partial charge in [-0.25, -0.2) is 4.98 Å². The third kappa shape index (κ3) is 3.29. The van der Waals surface area contributed by atoms with Crippen molar-refractivity contribution in [1.82, 2.24) is 9.88 Å². The summed E-state index contributed by atoms with van der Waals surface area (Å²) in [5.74, 6) is 1.81. The third-order valence-electron chi connectivity index (χ3n) is 4.28. The van der Waals surface area contributed by atoms with Gasteiger partial charge in [-0.15, -0.1) is 0 Å². The highest BCUT2D eigenvalue weighted by molar-refractivity contribution is 5.39. The molecule has 0 spiro atoms. The van der Waals surface area contributed by atoms with Gasteiger partial charge in [0.1, 0.15) is 5.82 Å². The number of hydrogen-bond donors (Lipinski definition) is 1. The summed E-state index contributed by atoms with van der Waals surface area (Å²) in [6.45, 7) is 8.00. The lowest BCUT2D eigenvalue weighted by Gasteiger charge is -2.36. The van der Waals surface area contributed by atoms with Crippen LogP contribution in [-0.4, -0.2) is 55.8 Å². The average molecular weight is 276 g/mol. The van der Waals surface area contributed by atoms with Crippen LogP contribution in [0.25, 0.3) is 0 Å². The highest BCUT2D eigenvalue weighted by atomic mass is 16.5. The SMILES string of the molecule is NCc1ccc(N2CCN(CC3CCOC3)CC2)nc1. The molecule has 2 aliphatic rings. The van der Waals surface area contributed by atoms with Crippen LogP contribution >= 0.6 is 0 Å². The summed E-state index contributed by atoms with van der Waals surface area (Å²) in [5.41, 5.74) is 6.70. The van der Waals surface area contributed by atoms with E-state index in [9.17, 15) is 0 Å². The molecule has 1 unspecified atom stereocenters. The molecule has 0 radical (unpaired) electrons. The lowest BCUT2D eigenvalue weighted by Crippen LogP contribution is -2.48. The van der Waals surface area contributed by atoms with Crippen molar-refractivity contribution in [1.29, 1.82) is 0 Å². The van der Waals surface area contributed by atoms with Crippen LogP contribution in [0, 0.1) is 5.92 Å². The van der Waals surface area contributed by atoms with Crippen LogP contribution < -0.4 is 10.6 Å². The van der Waals surface area contributed by atoms with Gasteiger partial charge in [0.25, 0.3) is 0 Å². The van der Waals surface area contributed by atoms with Crippen LogP contribution in [0.15, 0.2) is 18.3 Å². The number of aromatic nitrogens is 1. The summed E-state index contributed by atoms with van der Waals surface area (Å²) in [4.78, 5) is 9.43. The van der Waals surface area contributed by atoms with E-state index in [4.69, 9.17) is 10.5 Å². The standard InChI is InChI=1S/C15H24N4O/c16-9-13-1-2-15(17-10-13)19-6-4-18(5-7-19)11-14-3-8-20-12-14/h1-2,10,14H,3-9,11-12,16H2. The maximum Gasteiger partial charge on any atom is 0.128 e. The Morgan fingerprint density at radius 2 is 2.10 bits per heavy atom. The van der Waals surface area contributed by atoms with Crippen molar-refractivity contribution in [2.75, 3.05) is 50.8 Å². The quantitative estimate of drug-likeness (QED) is 0.877. The minimum Gasteiger partial charge on any atom is -0.381 e. The van der Waals surface area contributed by atoms with Crippen molar-refractivity contribution < 1.29 is 4.74 Å². The molecule has 0 aliphatic carbocycles. The molecule has 1 atom stereocenters. The van der Waals surface area contributed by atoms with Crippen LogP contribution in [0.4, 0.5) is 5.82 Å². The second kappa shape index (κ2) is 6.52. The van der Waals surface area contributed by atoms with E-state index in [1.54, 1.807) is 0 Å². The van der Waals surface area contributed by atoms with Crippen molar-refractivity contribution >= 4 is 5.82 Å². The van der Waals surface area contributed by atoms with E-state index < -0.39 is 0 Å². The van der Waals surface area contributed by atoms with Gasteiger partial charge < -0.3 is 15.4 Å². The van der Waals surface area contributed by atoms with Crippen LogP contribution in [0.3, 0.4) is 0 Å². The van der Waals surface area contributed by atoms with E-state index in [0.29, 0.717) is 6.54 Å². The summed E-state index contributed by atoms with van der Waals surface area (Å²) in [5, 5.41) is 0. The Hall–Kier alpha value is -1.17. The first-order valence-electron chi connectivity index (χ1n) is 7.55. The predicted molar refractivity (Wildman–Crippen MR) is 79.7 cm³/mol. The fraction of sp³-hybridized carbons (Fsp3) is 0.667. The van der Waals surface area contributed by atoms with Crippen molar-refractivity contribution in [2.24, 2.45) is 11.7 Å².